The van der Waals surface area contributed by atoms with Crippen molar-refractivity contribution in [2.75, 3.05) is 7.11 Å². The first-order chi connectivity index (χ1) is 8.89. The molecule has 2 aromatic carbocycles. The van der Waals surface area contributed by atoms with Crippen LogP contribution in [0.25, 0.3) is 10.8 Å². The Morgan fingerprint density at radius 3 is 2.42 bits per heavy atom. The molecule has 3 nitrogen and oxygen atoms in total. The molecule has 3 N–H and O–H groups in total. The van der Waals surface area contributed by atoms with Crippen LogP contribution in [0.1, 0.15) is 31.9 Å². The highest BCUT2D eigenvalue weighted by Crippen LogP contribution is 2.26. The van der Waals surface area contributed by atoms with Crippen LogP contribution >= 0.6 is 0 Å². The first-order valence-electron chi connectivity index (χ1n) is 6.45. The number of methoxy groups -OCH3 is 1. The molecule has 2 rings (SSSR count). The van der Waals surface area contributed by atoms with Crippen LogP contribution in [0, 0.1) is 0 Å². The monoisotopic (exact) mass is 259 g/mol. The molecule has 0 saturated heterocycles. The number of rotatable bonds is 4. The normalized spacial score (nSPS) is 13.5. The number of hydrogen-bond donors (Lipinski definition) is 2. The van der Waals surface area contributed by atoms with E-state index in [-0.39, 0.29) is 6.04 Å². The Kier molecular flexibility index (Phi) is 3.78. The molecule has 0 aliphatic carbocycles. The second kappa shape index (κ2) is 5.19. The minimum Gasteiger partial charge on any atom is -0.497 e. The Hall–Kier alpha value is -1.58. The fourth-order valence-electron chi connectivity index (χ4n) is 2.26. The summed E-state index contributed by atoms with van der Waals surface area (Å²) in [5, 5.41) is 12.1. The van der Waals surface area contributed by atoms with Gasteiger partial charge >= 0.3 is 0 Å². The van der Waals surface area contributed by atoms with Crippen LogP contribution in [-0.4, -0.2) is 17.8 Å². The third kappa shape index (κ3) is 3.46. The van der Waals surface area contributed by atoms with Gasteiger partial charge < -0.3 is 15.6 Å². The van der Waals surface area contributed by atoms with Gasteiger partial charge in [-0.3, -0.25) is 0 Å². The van der Waals surface area contributed by atoms with Crippen LogP contribution in [0.15, 0.2) is 36.4 Å². The van der Waals surface area contributed by atoms with Gasteiger partial charge in [-0.15, -0.1) is 0 Å². The Bertz CT molecular complexity index is 572. The maximum absolute atomic E-state index is 9.83. The minimum atomic E-state index is -0.756. The van der Waals surface area contributed by atoms with E-state index in [2.05, 4.69) is 6.07 Å². The first-order valence-corrected chi connectivity index (χ1v) is 6.45. The fraction of sp³-hybridized carbons (Fsp3) is 0.375. The van der Waals surface area contributed by atoms with Crippen LogP contribution in [0.3, 0.4) is 0 Å². The molecule has 102 valence electrons. The summed E-state index contributed by atoms with van der Waals surface area (Å²) in [6, 6.07) is 11.9. The zero-order valence-corrected chi connectivity index (χ0v) is 11.7. The minimum absolute atomic E-state index is 0.161. The van der Waals surface area contributed by atoms with Crippen molar-refractivity contribution in [2.45, 2.75) is 31.9 Å². The van der Waals surface area contributed by atoms with E-state index in [1.54, 1.807) is 21.0 Å². The topological polar surface area (TPSA) is 55.5 Å². The van der Waals surface area contributed by atoms with Gasteiger partial charge in [0.1, 0.15) is 5.75 Å². The van der Waals surface area contributed by atoms with Crippen molar-refractivity contribution in [1.29, 1.82) is 0 Å². The molecule has 0 spiro atoms. The third-order valence-electron chi connectivity index (χ3n) is 3.22. The van der Waals surface area contributed by atoms with E-state index in [9.17, 15) is 5.11 Å². The van der Waals surface area contributed by atoms with Crippen LogP contribution < -0.4 is 10.5 Å². The molecule has 0 aliphatic heterocycles. The van der Waals surface area contributed by atoms with E-state index in [0.29, 0.717) is 6.42 Å². The second-order valence-corrected chi connectivity index (χ2v) is 5.60. The summed E-state index contributed by atoms with van der Waals surface area (Å²) >= 11 is 0. The van der Waals surface area contributed by atoms with Crippen LogP contribution in [0.2, 0.25) is 0 Å². The average Bonchev–Trinajstić information content (AvgIpc) is 2.35. The molecule has 0 unspecified atom stereocenters. The summed E-state index contributed by atoms with van der Waals surface area (Å²) < 4.78 is 5.21. The van der Waals surface area contributed by atoms with Gasteiger partial charge in [0.05, 0.1) is 12.7 Å². The van der Waals surface area contributed by atoms with Crippen LogP contribution in [0.4, 0.5) is 0 Å². The molecule has 0 aromatic heterocycles. The van der Waals surface area contributed by atoms with Crippen molar-refractivity contribution in [1.82, 2.24) is 0 Å². The van der Waals surface area contributed by atoms with Crippen molar-refractivity contribution >= 4 is 10.8 Å². The lowest BCUT2D eigenvalue weighted by molar-refractivity contribution is 0.0635. The highest BCUT2D eigenvalue weighted by molar-refractivity contribution is 5.84. The molecule has 0 heterocycles. The maximum atomic E-state index is 9.83. The highest BCUT2D eigenvalue weighted by Gasteiger charge is 2.18. The van der Waals surface area contributed by atoms with Gasteiger partial charge in [0.2, 0.25) is 0 Å². The number of ether oxygens (including phenoxy) is 1. The van der Waals surface area contributed by atoms with Gasteiger partial charge in [0.25, 0.3) is 0 Å². The Balaban J connectivity index is 2.31. The van der Waals surface area contributed by atoms with Crippen LogP contribution in [-0.2, 0) is 0 Å². The summed E-state index contributed by atoms with van der Waals surface area (Å²) in [6.07, 6.45) is 0.536. The third-order valence-corrected chi connectivity index (χ3v) is 3.22. The van der Waals surface area contributed by atoms with E-state index in [4.69, 9.17) is 10.5 Å². The van der Waals surface area contributed by atoms with E-state index in [0.717, 1.165) is 22.1 Å². The molecule has 0 amide bonds. The Morgan fingerprint density at radius 2 is 1.79 bits per heavy atom. The van der Waals surface area contributed by atoms with Crippen molar-refractivity contribution in [3.8, 4) is 5.75 Å². The standard InChI is InChI=1S/C16H21NO2/c1-16(2,18)10-15(17)13-5-4-12-9-14(19-3)7-6-11(12)8-13/h4-9,15,18H,10,17H2,1-3H3/t15-/m0/s1. The average molecular weight is 259 g/mol. The molecule has 0 fully saturated rings. The lowest BCUT2D eigenvalue weighted by Crippen LogP contribution is -2.26. The van der Waals surface area contributed by atoms with Gasteiger partial charge in [-0.25, -0.2) is 0 Å². The van der Waals surface area contributed by atoms with E-state index < -0.39 is 5.60 Å². The summed E-state index contributed by atoms with van der Waals surface area (Å²) in [5.41, 5.74) is 6.43. The number of benzene rings is 2. The molecule has 1 atom stereocenters. The quantitative estimate of drug-likeness (QED) is 0.887. The molecular formula is C16H21NO2. The largest absolute Gasteiger partial charge is 0.497 e. The molecule has 0 radical (unpaired) electrons. The molecular weight excluding hydrogens is 238 g/mol. The zero-order valence-electron chi connectivity index (χ0n) is 11.7. The SMILES string of the molecule is COc1ccc2cc([C@@H](N)CC(C)(C)O)ccc2c1. The van der Waals surface area contributed by atoms with Crippen molar-refractivity contribution in [2.24, 2.45) is 5.73 Å². The highest BCUT2D eigenvalue weighted by atomic mass is 16.5. The van der Waals surface area contributed by atoms with Gasteiger partial charge in [0.15, 0.2) is 0 Å². The van der Waals surface area contributed by atoms with Gasteiger partial charge in [-0.2, -0.15) is 0 Å². The summed E-state index contributed by atoms with van der Waals surface area (Å²) in [6.45, 7) is 3.55. The maximum Gasteiger partial charge on any atom is 0.119 e. The molecule has 3 heteroatoms. The molecule has 0 saturated carbocycles. The lowest BCUT2D eigenvalue weighted by atomic mass is 9.93. The second-order valence-electron chi connectivity index (χ2n) is 5.60. The van der Waals surface area contributed by atoms with Crippen molar-refractivity contribution in [3.63, 3.8) is 0 Å². The number of nitrogens with two attached hydrogens (primary N) is 1. The van der Waals surface area contributed by atoms with E-state index >= 15 is 0 Å². The molecule has 2 aromatic rings. The summed E-state index contributed by atoms with van der Waals surface area (Å²) in [5.74, 6) is 0.848. The molecule has 0 bridgehead atoms. The van der Waals surface area contributed by atoms with Gasteiger partial charge in [-0.05, 0) is 54.8 Å². The van der Waals surface area contributed by atoms with E-state index in [1.807, 2.05) is 30.3 Å². The van der Waals surface area contributed by atoms with Crippen molar-refractivity contribution in [3.05, 3.63) is 42.0 Å². The van der Waals surface area contributed by atoms with Crippen LogP contribution in [0.5, 0.6) is 5.75 Å². The molecule has 0 aliphatic rings. The predicted octanol–water partition coefficient (Wildman–Crippen LogP) is 3.01. The number of hydrogen-bond acceptors (Lipinski definition) is 3. The fourth-order valence-corrected chi connectivity index (χ4v) is 2.26. The zero-order chi connectivity index (χ0) is 14.0. The number of fused-ring (bicyclic) bond motifs is 1. The first kappa shape index (κ1) is 13.8. The number of aliphatic hydroxyl groups is 1. The van der Waals surface area contributed by atoms with E-state index in [1.165, 1.54) is 0 Å². The predicted molar refractivity (Wildman–Crippen MR) is 78.3 cm³/mol. The van der Waals surface area contributed by atoms with Gasteiger partial charge in [-0.1, -0.05) is 18.2 Å². The Morgan fingerprint density at radius 1 is 1.16 bits per heavy atom. The summed E-state index contributed by atoms with van der Waals surface area (Å²) in [7, 11) is 1.66. The van der Waals surface area contributed by atoms with Gasteiger partial charge in [0, 0.05) is 6.04 Å². The lowest BCUT2D eigenvalue weighted by Gasteiger charge is -2.22. The smallest absolute Gasteiger partial charge is 0.119 e. The Labute approximate surface area is 114 Å². The molecule has 19 heavy (non-hydrogen) atoms. The van der Waals surface area contributed by atoms with Crippen molar-refractivity contribution < 1.29 is 9.84 Å². The summed E-state index contributed by atoms with van der Waals surface area (Å²) in [4.78, 5) is 0.